The van der Waals surface area contributed by atoms with Crippen molar-refractivity contribution in [2.24, 2.45) is 0 Å². The molecule has 2 aromatic carbocycles. The SMILES string of the molecule is N#C/C(=C\c1cccc(Br)n1)C(=O)Nc1ccc2c(c1)S(=O)(=O)C=C2.O=Cc1cccc(Br)n1.[C-]#[N+]CC(=O)Cc1ccc2c(c1)S(=O)(=O)C=C2. The van der Waals surface area contributed by atoms with Crippen molar-refractivity contribution >= 4 is 93.4 Å². The number of ketones is 1. The summed E-state index contributed by atoms with van der Waals surface area (Å²) in [7, 11) is -6.80. The number of hydrogen-bond acceptors (Lipinski definition) is 10. The topological polar surface area (TPSA) is 185 Å². The van der Waals surface area contributed by atoms with Gasteiger partial charge in [0.15, 0.2) is 16.1 Å². The van der Waals surface area contributed by atoms with Crippen LogP contribution in [0.3, 0.4) is 0 Å². The number of rotatable bonds is 7. The van der Waals surface area contributed by atoms with Crippen molar-refractivity contribution in [3.63, 3.8) is 0 Å². The van der Waals surface area contributed by atoms with Crippen LogP contribution in [0.25, 0.3) is 23.1 Å². The fourth-order valence-electron chi connectivity index (χ4n) is 4.40. The molecule has 51 heavy (non-hydrogen) atoms. The van der Waals surface area contributed by atoms with Gasteiger partial charge in [-0.3, -0.25) is 14.4 Å². The standard InChI is InChI=1S/C17H10BrN3O3S.C12H9NO3S.C6H4BrNO/c18-16-3-1-2-13(20-16)8-12(10-19)17(22)21-14-5-4-11-6-7-25(23,24)15(11)9-14;1-13-8-11(14)6-9-2-3-10-4-5-17(15,16)12(10)7-9;7-6-3-1-2-5(4-9)8-6/h1-9H,(H,21,22);2-5,7H,6,8H2;1-4H/b12-8+;;. The highest BCUT2D eigenvalue weighted by molar-refractivity contribution is 9.10. The van der Waals surface area contributed by atoms with Gasteiger partial charge in [0.2, 0.25) is 15.6 Å². The molecule has 12 nitrogen and oxygen atoms in total. The zero-order chi connectivity index (χ0) is 37.2. The number of nitrogens with one attached hydrogen (secondary N) is 1. The van der Waals surface area contributed by atoms with Crippen molar-refractivity contribution in [3.8, 4) is 6.07 Å². The summed E-state index contributed by atoms with van der Waals surface area (Å²) in [5.41, 5.74) is 2.88. The smallest absolute Gasteiger partial charge is 0.272 e. The lowest BCUT2D eigenvalue weighted by molar-refractivity contribution is -0.116. The first-order valence-electron chi connectivity index (χ1n) is 14.4. The molecule has 0 fully saturated rings. The Morgan fingerprint density at radius 1 is 0.843 bits per heavy atom. The normalized spacial score (nSPS) is 13.8. The van der Waals surface area contributed by atoms with Crippen molar-refractivity contribution in [1.29, 1.82) is 5.26 Å². The van der Waals surface area contributed by atoms with Crippen molar-refractivity contribution in [1.82, 2.24) is 9.97 Å². The second-order valence-electron chi connectivity index (χ2n) is 10.4. The number of sulfone groups is 2. The van der Waals surface area contributed by atoms with Crippen LogP contribution in [0.2, 0.25) is 0 Å². The van der Waals surface area contributed by atoms with Crippen molar-refractivity contribution in [2.45, 2.75) is 16.2 Å². The lowest BCUT2D eigenvalue weighted by Gasteiger charge is -2.06. The third-order valence-electron chi connectivity index (χ3n) is 6.72. The van der Waals surface area contributed by atoms with Gasteiger partial charge in [0, 0.05) is 22.9 Å². The van der Waals surface area contributed by atoms with Crippen molar-refractivity contribution < 1.29 is 31.2 Å². The highest BCUT2D eigenvalue weighted by atomic mass is 79.9. The summed E-state index contributed by atoms with van der Waals surface area (Å²) in [6, 6.07) is 21.6. The molecule has 2 aliphatic heterocycles. The third kappa shape index (κ3) is 10.6. The van der Waals surface area contributed by atoms with Gasteiger partial charge in [-0.2, -0.15) is 5.26 Å². The van der Waals surface area contributed by atoms with Gasteiger partial charge in [-0.1, -0.05) is 30.3 Å². The van der Waals surface area contributed by atoms with Gasteiger partial charge in [-0.05, 0) is 109 Å². The predicted molar refractivity (Wildman–Crippen MR) is 197 cm³/mol. The molecular formula is C35H23Br2N5O7S2. The number of nitrogens with zero attached hydrogens (tertiary/aromatic N) is 4. The largest absolute Gasteiger partial charge is 0.321 e. The number of benzene rings is 2. The molecule has 256 valence electrons. The monoisotopic (exact) mass is 847 g/mol. The molecule has 0 spiro atoms. The highest BCUT2D eigenvalue weighted by Gasteiger charge is 2.22. The molecular weight excluding hydrogens is 826 g/mol. The maximum Gasteiger partial charge on any atom is 0.272 e. The average molecular weight is 850 g/mol. The number of anilines is 1. The zero-order valence-corrected chi connectivity index (χ0v) is 30.8. The Bertz CT molecular complexity index is 2450. The molecule has 1 amide bonds. The number of carbonyl (C=O) groups excluding carboxylic acids is 3. The van der Waals surface area contributed by atoms with E-state index in [0.717, 1.165) is 10.8 Å². The Hall–Kier alpha value is -5.39. The maximum absolute atomic E-state index is 12.3. The van der Waals surface area contributed by atoms with E-state index < -0.39 is 25.6 Å². The van der Waals surface area contributed by atoms with E-state index in [1.165, 1.54) is 30.4 Å². The molecule has 2 aliphatic rings. The van der Waals surface area contributed by atoms with E-state index in [2.05, 4.69) is 52.0 Å². The number of hydrogen-bond donors (Lipinski definition) is 1. The summed E-state index contributed by atoms with van der Waals surface area (Å²) in [5.74, 6) is -0.851. The number of aldehydes is 1. The molecule has 0 radical (unpaired) electrons. The quantitative estimate of drug-likeness (QED) is 0.0730. The fourth-order valence-corrected chi connectivity index (χ4v) is 7.60. The molecule has 6 rings (SSSR count). The lowest BCUT2D eigenvalue weighted by atomic mass is 10.1. The van der Waals surface area contributed by atoms with Crippen LogP contribution in [0.1, 0.15) is 32.9 Å². The fraction of sp³-hybridized carbons (Fsp3) is 0.0571. The number of fused-ring (bicyclic) bond motifs is 2. The van der Waals surface area contributed by atoms with Crippen LogP contribution in [0.5, 0.6) is 0 Å². The van der Waals surface area contributed by atoms with E-state index in [4.69, 9.17) is 6.57 Å². The molecule has 4 aromatic rings. The minimum atomic E-state index is -3.47. The van der Waals surface area contributed by atoms with Gasteiger partial charge in [-0.25, -0.2) is 33.4 Å². The molecule has 0 unspecified atom stereocenters. The van der Waals surface area contributed by atoms with Gasteiger partial charge >= 0.3 is 0 Å². The van der Waals surface area contributed by atoms with Gasteiger partial charge in [0.05, 0.1) is 15.5 Å². The minimum absolute atomic E-state index is 0.102. The Morgan fingerprint density at radius 2 is 1.41 bits per heavy atom. The zero-order valence-electron chi connectivity index (χ0n) is 26.0. The summed E-state index contributed by atoms with van der Waals surface area (Å²) in [4.78, 5) is 45.0. The van der Waals surface area contributed by atoms with E-state index in [9.17, 15) is 36.5 Å². The summed E-state index contributed by atoms with van der Waals surface area (Å²) in [6.07, 6.45) is 5.20. The van der Waals surface area contributed by atoms with Crippen LogP contribution in [0.15, 0.2) is 108 Å². The summed E-state index contributed by atoms with van der Waals surface area (Å²) in [6.45, 7) is 6.42. The first-order valence-corrected chi connectivity index (χ1v) is 19.0. The number of pyridine rings is 2. The van der Waals surface area contributed by atoms with Crippen LogP contribution in [-0.2, 0) is 35.7 Å². The lowest BCUT2D eigenvalue weighted by Crippen LogP contribution is -2.14. The second-order valence-corrected chi connectivity index (χ2v) is 15.6. The predicted octanol–water partition coefficient (Wildman–Crippen LogP) is 6.28. The second kappa shape index (κ2) is 17.0. The summed E-state index contributed by atoms with van der Waals surface area (Å²) < 4.78 is 48.2. The van der Waals surface area contributed by atoms with E-state index in [1.807, 2.05) is 6.07 Å². The molecule has 2 aromatic heterocycles. The van der Waals surface area contributed by atoms with Gasteiger partial charge < -0.3 is 10.2 Å². The molecule has 0 bridgehead atoms. The van der Waals surface area contributed by atoms with Crippen LogP contribution in [0.4, 0.5) is 5.69 Å². The van der Waals surface area contributed by atoms with E-state index in [-0.39, 0.29) is 34.1 Å². The van der Waals surface area contributed by atoms with Crippen molar-refractivity contribution in [3.05, 3.63) is 138 Å². The first-order chi connectivity index (χ1) is 24.2. The first kappa shape index (κ1) is 38.4. The van der Waals surface area contributed by atoms with E-state index in [0.29, 0.717) is 49.3 Å². The third-order valence-corrected chi connectivity index (χ3v) is 10.5. The number of carbonyl (C=O) groups is 3. The van der Waals surface area contributed by atoms with Crippen LogP contribution in [-0.4, -0.2) is 51.3 Å². The maximum atomic E-state index is 12.3. The number of nitriles is 1. The van der Waals surface area contributed by atoms with Crippen LogP contribution < -0.4 is 5.32 Å². The molecule has 0 saturated heterocycles. The van der Waals surface area contributed by atoms with Gasteiger partial charge in [-0.15, -0.1) is 0 Å². The number of Topliss-reactive ketones (excluding diaryl/α,β-unsaturated/α-hetero) is 1. The Kier molecular flexibility index (Phi) is 12.8. The Labute approximate surface area is 310 Å². The average Bonchev–Trinajstić information content (AvgIpc) is 3.57. The molecule has 0 atom stereocenters. The van der Waals surface area contributed by atoms with Gasteiger partial charge in [0.1, 0.15) is 26.5 Å². The van der Waals surface area contributed by atoms with Crippen LogP contribution in [0, 0.1) is 17.9 Å². The minimum Gasteiger partial charge on any atom is -0.321 e. The molecule has 16 heteroatoms. The molecule has 1 N–H and O–H groups in total. The van der Waals surface area contributed by atoms with E-state index >= 15 is 0 Å². The van der Waals surface area contributed by atoms with Crippen molar-refractivity contribution in [2.75, 3.05) is 11.9 Å². The molecule has 4 heterocycles. The number of halogens is 2. The van der Waals surface area contributed by atoms with Gasteiger partial charge in [0.25, 0.3) is 12.5 Å². The Morgan fingerprint density at radius 3 is 1.96 bits per heavy atom. The van der Waals surface area contributed by atoms with Crippen LogP contribution >= 0.6 is 31.9 Å². The molecule has 0 aliphatic carbocycles. The summed E-state index contributed by atoms with van der Waals surface area (Å²) >= 11 is 6.35. The summed E-state index contributed by atoms with van der Waals surface area (Å²) in [5, 5.41) is 14.0. The molecule has 0 saturated carbocycles. The van der Waals surface area contributed by atoms with E-state index in [1.54, 1.807) is 60.7 Å². The highest BCUT2D eigenvalue weighted by Crippen LogP contribution is 2.30. The Balaban J connectivity index is 0.000000192. The number of aromatic nitrogens is 2. The number of amides is 1.